The smallest absolute Gasteiger partial charge is 0.239 e. The van der Waals surface area contributed by atoms with E-state index in [1.807, 2.05) is 6.26 Å². The van der Waals surface area contributed by atoms with Crippen molar-refractivity contribution >= 4 is 57.1 Å². The van der Waals surface area contributed by atoms with Gasteiger partial charge in [-0.15, -0.1) is 11.3 Å². The highest BCUT2D eigenvalue weighted by Crippen LogP contribution is 2.35. The van der Waals surface area contributed by atoms with Crippen LogP contribution in [0.15, 0.2) is 18.5 Å². The van der Waals surface area contributed by atoms with Gasteiger partial charge in [-0.2, -0.15) is 0 Å². The van der Waals surface area contributed by atoms with Crippen molar-refractivity contribution in [2.24, 2.45) is 0 Å². The summed E-state index contributed by atoms with van der Waals surface area (Å²) in [6.45, 7) is 6.22. The van der Waals surface area contributed by atoms with Gasteiger partial charge in [0, 0.05) is 50.8 Å². The Kier molecular flexibility index (Phi) is 7.17. The molecule has 0 unspecified atom stereocenters. The number of ether oxygens (including phenoxy) is 1. The van der Waals surface area contributed by atoms with Gasteiger partial charge in [-0.05, 0) is 19.4 Å². The highest BCUT2D eigenvalue weighted by molar-refractivity contribution is 7.96. The number of carbonyl (C=O) groups excluding carboxylic acids is 2. The van der Waals surface area contributed by atoms with E-state index >= 15 is 0 Å². The molecule has 1 aliphatic rings. The summed E-state index contributed by atoms with van der Waals surface area (Å²) in [6, 6.07) is 2.10. The van der Waals surface area contributed by atoms with Gasteiger partial charge in [0.15, 0.2) is 11.6 Å². The van der Waals surface area contributed by atoms with Gasteiger partial charge in [-0.1, -0.05) is 11.9 Å². The minimum absolute atomic E-state index is 0.0335. The Hall–Kier alpha value is -2.67. The zero-order valence-corrected chi connectivity index (χ0v) is 20.6. The van der Waals surface area contributed by atoms with Crippen LogP contribution in [0.1, 0.15) is 18.7 Å². The Bertz CT molecular complexity index is 1150. The van der Waals surface area contributed by atoms with E-state index in [0.29, 0.717) is 24.6 Å². The third kappa shape index (κ3) is 5.13. The standard InChI is InChI=1S/C21H25N7O3S2/c1-13(29)28(14(2)30)21-22-10-15(11-23-21)19-24-17-9-16(12-26(3)32-4)33-18(17)20(25-19)27-5-7-31-8-6-27/h9-11H,5-8,12H2,1-4H3. The van der Waals surface area contributed by atoms with Crippen molar-refractivity contribution in [3.05, 3.63) is 23.3 Å². The second-order valence-electron chi connectivity index (χ2n) is 7.51. The number of rotatable bonds is 6. The van der Waals surface area contributed by atoms with E-state index < -0.39 is 11.8 Å². The van der Waals surface area contributed by atoms with Gasteiger partial charge in [0.1, 0.15) is 0 Å². The molecule has 2 amide bonds. The quantitative estimate of drug-likeness (QED) is 0.482. The summed E-state index contributed by atoms with van der Waals surface area (Å²) in [6.07, 6.45) is 5.13. The molecule has 0 aliphatic carbocycles. The number of thiophene rings is 1. The summed E-state index contributed by atoms with van der Waals surface area (Å²) in [5.74, 6) is 0.521. The van der Waals surface area contributed by atoms with Crippen LogP contribution in [-0.4, -0.2) is 75.7 Å². The number of hydrogen-bond acceptors (Lipinski definition) is 11. The molecule has 10 nitrogen and oxygen atoms in total. The van der Waals surface area contributed by atoms with Crippen LogP contribution in [0.4, 0.5) is 11.8 Å². The lowest BCUT2D eigenvalue weighted by atomic mass is 10.3. The van der Waals surface area contributed by atoms with Crippen LogP contribution in [0.25, 0.3) is 21.6 Å². The third-order valence-corrected chi connectivity index (χ3v) is 6.99. The van der Waals surface area contributed by atoms with Gasteiger partial charge in [-0.25, -0.2) is 29.1 Å². The van der Waals surface area contributed by atoms with Crippen LogP contribution >= 0.6 is 23.3 Å². The first kappa shape index (κ1) is 23.5. The number of aromatic nitrogens is 4. The first-order chi connectivity index (χ1) is 15.9. The Labute approximate surface area is 200 Å². The molecule has 3 aromatic heterocycles. The molecule has 0 atom stereocenters. The fourth-order valence-electron chi connectivity index (χ4n) is 3.50. The summed E-state index contributed by atoms with van der Waals surface area (Å²) < 4.78 is 8.73. The average molecular weight is 488 g/mol. The Balaban J connectivity index is 1.75. The largest absolute Gasteiger partial charge is 0.378 e. The maximum absolute atomic E-state index is 11.8. The number of hydrogen-bond donors (Lipinski definition) is 0. The number of amides is 2. The van der Waals surface area contributed by atoms with Crippen LogP contribution in [0.2, 0.25) is 0 Å². The normalized spacial score (nSPS) is 14.2. The predicted octanol–water partition coefficient (Wildman–Crippen LogP) is 2.59. The van der Waals surface area contributed by atoms with Crippen LogP contribution in [0, 0.1) is 0 Å². The minimum atomic E-state index is -0.441. The third-order valence-electron chi connectivity index (χ3n) is 5.13. The van der Waals surface area contributed by atoms with E-state index in [4.69, 9.17) is 14.7 Å². The average Bonchev–Trinajstić information content (AvgIpc) is 3.21. The molecule has 4 rings (SSSR count). The molecular formula is C21H25N7O3S2. The van der Waals surface area contributed by atoms with Gasteiger partial charge >= 0.3 is 0 Å². The summed E-state index contributed by atoms with van der Waals surface area (Å²) in [5, 5.41) is 0. The molecule has 0 aromatic carbocycles. The first-order valence-corrected chi connectivity index (χ1v) is 12.4. The van der Waals surface area contributed by atoms with Crippen molar-refractivity contribution in [2.45, 2.75) is 20.4 Å². The number of imide groups is 1. The van der Waals surface area contributed by atoms with Crippen LogP contribution in [-0.2, 0) is 20.9 Å². The molecule has 0 saturated carbocycles. The molecular weight excluding hydrogens is 462 g/mol. The van der Waals surface area contributed by atoms with Crippen molar-refractivity contribution in [1.29, 1.82) is 0 Å². The second kappa shape index (κ2) is 10.1. The zero-order valence-electron chi connectivity index (χ0n) is 18.9. The van der Waals surface area contributed by atoms with Crippen LogP contribution in [0.5, 0.6) is 0 Å². The Morgan fingerprint density at radius 3 is 2.42 bits per heavy atom. The van der Waals surface area contributed by atoms with Crippen molar-refractivity contribution in [3.63, 3.8) is 0 Å². The predicted molar refractivity (Wildman–Crippen MR) is 130 cm³/mol. The topological polar surface area (TPSA) is 105 Å². The van der Waals surface area contributed by atoms with Crippen molar-refractivity contribution in [3.8, 4) is 11.4 Å². The van der Waals surface area contributed by atoms with E-state index in [2.05, 4.69) is 32.3 Å². The summed E-state index contributed by atoms with van der Waals surface area (Å²) in [7, 11) is 2.05. The van der Waals surface area contributed by atoms with E-state index in [9.17, 15) is 9.59 Å². The molecule has 174 valence electrons. The Morgan fingerprint density at radius 2 is 1.82 bits per heavy atom. The highest BCUT2D eigenvalue weighted by Gasteiger charge is 2.22. The molecule has 1 aliphatic heterocycles. The molecule has 0 bridgehead atoms. The van der Waals surface area contributed by atoms with Gasteiger partial charge in [0.2, 0.25) is 17.8 Å². The van der Waals surface area contributed by atoms with Gasteiger partial charge in [0.05, 0.1) is 29.0 Å². The first-order valence-electron chi connectivity index (χ1n) is 10.4. The zero-order chi connectivity index (χ0) is 23.5. The lowest BCUT2D eigenvalue weighted by molar-refractivity contribution is -0.124. The fourth-order valence-corrected chi connectivity index (χ4v) is 5.02. The second-order valence-corrected chi connectivity index (χ2v) is 9.64. The fraction of sp³-hybridized carbons (Fsp3) is 0.429. The summed E-state index contributed by atoms with van der Waals surface area (Å²) in [5.41, 5.74) is 1.48. The maximum atomic E-state index is 11.8. The Morgan fingerprint density at radius 1 is 1.15 bits per heavy atom. The lowest BCUT2D eigenvalue weighted by Gasteiger charge is -2.28. The van der Waals surface area contributed by atoms with E-state index in [1.165, 1.54) is 18.7 Å². The number of fused-ring (bicyclic) bond motifs is 1. The minimum Gasteiger partial charge on any atom is -0.378 e. The number of morpholine rings is 1. The van der Waals surface area contributed by atoms with E-state index in [1.54, 1.807) is 35.7 Å². The van der Waals surface area contributed by atoms with Crippen LogP contribution in [0.3, 0.4) is 0 Å². The van der Waals surface area contributed by atoms with Crippen molar-refractivity contribution in [2.75, 3.05) is 49.4 Å². The van der Waals surface area contributed by atoms with E-state index in [-0.39, 0.29) is 5.95 Å². The molecule has 12 heteroatoms. The SMILES string of the molecule is CSN(C)Cc1cc2nc(-c3cnc(N(C(C)=O)C(C)=O)nc3)nc(N3CCOCC3)c2s1. The molecule has 33 heavy (non-hydrogen) atoms. The van der Waals surface area contributed by atoms with Gasteiger partial charge < -0.3 is 9.64 Å². The maximum Gasteiger partial charge on any atom is 0.239 e. The van der Waals surface area contributed by atoms with Crippen molar-refractivity contribution < 1.29 is 14.3 Å². The van der Waals surface area contributed by atoms with E-state index in [0.717, 1.165) is 40.6 Å². The van der Waals surface area contributed by atoms with Crippen LogP contribution < -0.4 is 9.80 Å². The molecule has 0 spiro atoms. The number of carbonyl (C=O) groups is 2. The molecule has 0 radical (unpaired) electrons. The monoisotopic (exact) mass is 487 g/mol. The summed E-state index contributed by atoms with van der Waals surface area (Å²) in [4.78, 5) is 46.1. The molecule has 3 aromatic rings. The van der Waals surface area contributed by atoms with Gasteiger partial charge in [-0.3, -0.25) is 9.59 Å². The molecule has 0 N–H and O–H groups in total. The van der Waals surface area contributed by atoms with Gasteiger partial charge in [0.25, 0.3) is 0 Å². The lowest BCUT2D eigenvalue weighted by Crippen LogP contribution is -2.36. The number of nitrogens with zero attached hydrogens (tertiary/aromatic N) is 7. The molecule has 1 fully saturated rings. The number of anilines is 2. The molecule has 1 saturated heterocycles. The highest BCUT2D eigenvalue weighted by atomic mass is 32.2. The summed E-state index contributed by atoms with van der Waals surface area (Å²) >= 11 is 3.38. The van der Waals surface area contributed by atoms with Crippen molar-refractivity contribution in [1.82, 2.24) is 24.2 Å². The molecule has 4 heterocycles.